The molecule has 0 saturated heterocycles. The van der Waals surface area contributed by atoms with Crippen LogP contribution in [0.1, 0.15) is 1.43 Å². The Bertz CT molecular complexity index is 688. The average Bonchev–Trinajstić information content (AvgIpc) is 2.34. The second kappa shape index (κ2) is 7.92. The summed E-state index contributed by atoms with van der Waals surface area (Å²) < 4.78 is 166. The van der Waals surface area contributed by atoms with E-state index in [-0.39, 0.29) is 31.0 Å². The van der Waals surface area contributed by atoms with Crippen molar-refractivity contribution in [2.24, 2.45) is 0 Å². The van der Waals surface area contributed by atoms with Crippen LogP contribution in [0.15, 0.2) is 23.8 Å². The van der Waals surface area contributed by atoms with E-state index in [4.69, 9.17) is 0 Å². The number of hydrogen-bond acceptors (Lipinski definition) is 4. The van der Waals surface area contributed by atoms with Gasteiger partial charge in [0.05, 0.1) is 0 Å². The fraction of sp³-hybridized carbons (Fsp3) is 0.429. The van der Waals surface area contributed by atoms with Gasteiger partial charge in [0.15, 0.2) is 5.08 Å². The maximum atomic E-state index is 12.9. The maximum Gasteiger partial charge on any atom is 1.00 e. The fourth-order valence-corrected chi connectivity index (χ4v) is 4.36. The molecular weight excluding hydrogens is 425 g/mol. The minimum atomic E-state index is -6.95. The summed E-state index contributed by atoms with van der Waals surface area (Å²) in [6, 6.07) is 0. The summed E-state index contributed by atoms with van der Waals surface area (Å²) in [6.07, 6.45) is -7.83. The second-order valence-electron chi connectivity index (χ2n) is 3.53. The van der Waals surface area contributed by atoms with Crippen molar-refractivity contribution in [3.05, 3.63) is 23.8 Å². The number of hydrogen-bond donors (Lipinski definition) is 0. The molecule has 0 N–H and O–H groups in total. The molecule has 0 atom stereocenters. The van der Waals surface area contributed by atoms with Crippen molar-refractivity contribution >= 4 is 19.7 Å². The van der Waals surface area contributed by atoms with E-state index in [0.29, 0.717) is 0 Å². The third kappa shape index (κ3) is 4.86. The minimum absolute atomic E-state index is 0. The largest absolute Gasteiger partial charge is 1.00 e. The molecule has 4 nitrogen and oxygen atoms in total. The third-order valence-electron chi connectivity index (χ3n) is 1.93. The maximum absolute atomic E-state index is 12.9. The number of halogens is 10. The van der Waals surface area contributed by atoms with Gasteiger partial charge in [0.1, 0.15) is 0 Å². The molecule has 138 valence electrons. The molecule has 0 aliphatic carbocycles. The van der Waals surface area contributed by atoms with Crippen LogP contribution in [0.5, 0.6) is 0 Å². The third-order valence-corrected chi connectivity index (χ3v) is 6.34. The van der Waals surface area contributed by atoms with Crippen LogP contribution in [0.4, 0.5) is 43.9 Å². The SMILES string of the molecule is O=S(=O)(CS(=O)(=O)C(F)(F)C(F)=C(F)F)C(F)(F)C(F)=C(F)F.[H-].[Na+]. The van der Waals surface area contributed by atoms with E-state index < -0.39 is 59.1 Å². The molecular formula is C7H3F10NaO4S2. The number of rotatable bonds is 6. The van der Waals surface area contributed by atoms with E-state index in [1.54, 1.807) is 0 Å². The summed E-state index contributed by atoms with van der Waals surface area (Å²) in [6.45, 7) is 0. The van der Waals surface area contributed by atoms with Gasteiger partial charge in [-0.15, -0.1) is 0 Å². The van der Waals surface area contributed by atoms with Crippen LogP contribution in [0, 0.1) is 0 Å². The van der Waals surface area contributed by atoms with E-state index >= 15 is 0 Å². The minimum Gasteiger partial charge on any atom is -1.00 e. The Morgan fingerprint density at radius 1 is 0.667 bits per heavy atom. The number of sulfone groups is 2. The van der Waals surface area contributed by atoms with Crippen molar-refractivity contribution in [2.45, 2.75) is 10.5 Å². The van der Waals surface area contributed by atoms with E-state index in [0.717, 1.165) is 0 Å². The van der Waals surface area contributed by atoms with Gasteiger partial charge in [-0.05, 0) is 0 Å². The van der Waals surface area contributed by atoms with Gasteiger partial charge in [0, 0.05) is 0 Å². The van der Waals surface area contributed by atoms with Crippen molar-refractivity contribution in [1.29, 1.82) is 0 Å². The Hall–Kier alpha value is -0.320. The Balaban J connectivity index is -0.00000242. The molecule has 0 aromatic heterocycles. The number of alkyl halides is 4. The Morgan fingerprint density at radius 2 is 0.875 bits per heavy atom. The van der Waals surface area contributed by atoms with Gasteiger partial charge in [-0.1, -0.05) is 0 Å². The topological polar surface area (TPSA) is 68.3 Å². The first-order valence-electron chi connectivity index (χ1n) is 4.54. The van der Waals surface area contributed by atoms with Crippen LogP contribution < -0.4 is 29.6 Å². The van der Waals surface area contributed by atoms with Gasteiger partial charge < -0.3 is 1.43 Å². The summed E-state index contributed by atoms with van der Waals surface area (Å²) in [4.78, 5) is 0. The first-order valence-corrected chi connectivity index (χ1v) is 7.85. The summed E-state index contributed by atoms with van der Waals surface area (Å²) in [5, 5.41) is -16.0. The molecule has 0 aromatic carbocycles. The Labute approximate surface area is 150 Å². The zero-order valence-electron chi connectivity index (χ0n) is 11.9. The molecule has 0 radical (unpaired) electrons. The molecule has 0 rings (SSSR count). The smallest absolute Gasteiger partial charge is 1.00 e. The molecule has 17 heteroatoms. The van der Waals surface area contributed by atoms with Gasteiger partial charge in [-0.3, -0.25) is 0 Å². The van der Waals surface area contributed by atoms with Crippen LogP contribution >= 0.6 is 0 Å². The fourth-order valence-electron chi connectivity index (χ4n) is 0.845. The van der Waals surface area contributed by atoms with E-state index in [1.165, 1.54) is 0 Å². The van der Waals surface area contributed by atoms with Crippen LogP contribution in [0.25, 0.3) is 0 Å². The molecule has 0 saturated carbocycles. The second-order valence-corrected chi connectivity index (χ2v) is 7.96. The molecule has 0 amide bonds. The first-order chi connectivity index (χ1) is 9.92. The van der Waals surface area contributed by atoms with Crippen LogP contribution in [-0.4, -0.2) is 32.4 Å². The molecule has 0 aromatic rings. The molecule has 0 aliphatic heterocycles. The van der Waals surface area contributed by atoms with E-state index in [1.807, 2.05) is 0 Å². The summed E-state index contributed by atoms with van der Waals surface area (Å²) in [5.74, 6) is -7.94. The van der Waals surface area contributed by atoms with Crippen LogP contribution in [0.3, 0.4) is 0 Å². The van der Waals surface area contributed by atoms with Crippen molar-refractivity contribution in [2.75, 3.05) is 5.08 Å². The first kappa shape index (κ1) is 25.9. The molecule has 0 aliphatic rings. The summed E-state index contributed by atoms with van der Waals surface area (Å²) >= 11 is 0. The van der Waals surface area contributed by atoms with Crippen LogP contribution in [0.2, 0.25) is 0 Å². The molecule has 0 unspecified atom stereocenters. The van der Waals surface area contributed by atoms with Gasteiger partial charge >= 0.3 is 52.2 Å². The predicted molar refractivity (Wildman–Crippen MR) is 54.4 cm³/mol. The van der Waals surface area contributed by atoms with E-state index in [2.05, 4.69) is 0 Å². The zero-order chi connectivity index (χ0) is 19.0. The molecule has 0 fully saturated rings. The zero-order valence-corrected chi connectivity index (χ0v) is 14.6. The van der Waals surface area contributed by atoms with Gasteiger partial charge in [-0.25, -0.2) is 16.8 Å². The van der Waals surface area contributed by atoms with Gasteiger partial charge in [-0.2, -0.15) is 43.9 Å². The predicted octanol–water partition coefficient (Wildman–Crippen LogP) is 0.231. The van der Waals surface area contributed by atoms with Gasteiger partial charge in [0.2, 0.25) is 31.3 Å². The van der Waals surface area contributed by atoms with Crippen molar-refractivity contribution in [3.63, 3.8) is 0 Å². The molecule has 0 bridgehead atoms. The standard InChI is InChI=1S/C7H2F10O4S2.Na.H/c8-2(4(10)11)6(14,15)22(18,19)1-23(20,21)7(16,17)3(9)5(12)13;;/h1H2;;/q;+1;-1. The summed E-state index contributed by atoms with van der Waals surface area (Å²) in [5.41, 5.74) is 0. The molecule has 0 spiro atoms. The van der Waals surface area contributed by atoms with Crippen molar-refractivity contribution < 1.29 is 91.7 Å². The molecule has 0 heterocycles. The van der Waals surface area contributed by atoms with E-state index in [9.17, 15) is 60.7 Å². The normalized spacial score (nSPS) is 13.1. The quantitative estimate of drug-likeness (QED) is 0.449. The van der Waals surface area contributed by atoms with Gasteiger partial charge in [0.25, 0.3) is 0 Å². The molecule has 24 heavy (non-hydrogen) atoms. The Morgan fingerprint density at radius 3 is 1.04 bits per heavy atom. The van der Waals surface area contributed by atoms with Crippen molar-refractivity contribution in [1.82, 2.24) is 0 Å². The Kier molecular flexibility index (Phi) is 8.56. The average molecular weight is 428 g/mol. The van der Waals surface area contributed by atoms with Crippen molar-refractivity contribution in [3.8, 4) is 0 Å². The van der Waals surface area contributed by atoms with Crippen LogP contribution in [-0.2, 0) is 19.7 Å². The monoisotopic (exact) mass is 428 g/mol. The summed E-state index contributed by atoms with van der Waals surface area (Å²) in [7, 11) is -13.9.